The molecule has 0 unspecified atom stereocenters. The Morgan fingerprint density at radius 3 is 2.18 bits per heavy atom. The molecule has 0 heterocycles. The summed E-state index contributed by atoms with van der Waals surface area (Å²) in [6.45, 7) is 2.23. The van der Waals surface area contributed by atoms with Gasteiger partial charge in [0, 0.05) is 12.6 Å². The first kappa shape index (κ1) is 27.1. The zero-order chi connectivity index (χ0) is 24.6. The van der Waals surface area contributed by atoms with E-state index in [4.69, 9.17) is 9.47 Å². The number of ether oxygens (including phenoxy) is 2. The molecule has 0 atom stereocenters. The summed E-state index contributed by atoms with van der Waals surface area (Å²) in [7, 11) is 1.51. The first-order valence-corrected chi connectivity index (χ1v) is 12.3. The van der Waals surface area contributed by atoms with E-state index >= 15 is 0 Å². The van der Waals surface area contributed by atoms with Crippen molar-refractivity contribution in [3.63, 3.8) is 0 Å². The van der Waals surface area contributed by atoms with Gasteiger partial charge in [-0.25, -0.2) is 4.79 Å². The summed E-state index contributed by atoms with van der Waals surface area (Å²) in [5, 5.41) is 9.27. The molecule has 0 saturated carbocycles. The quantitative estimate of drug-likeness (QED) is 0.121. The van der Waals surface area contributed by atoms with E-state index in [1.807, 2.05) is 0 Å². The second-order valence-electron chi connectivity index (χ2n) is 8.40. The van der Waals surface area contributed by atoms with Crippen molar-refractivity contribution < 1.29 is 24.2 Å². The molecular formula is C28H37NO5. The summed E-state index contributed by atoms with van der Waals surface area (Å²) in [4.78, 5) is 27.9. The van der Waals surface area contributed by atoms with Gasteiger partial charge in [-0.1, -0.05) is 76.8 Å². The number of hydrogen-bond acceptors (Lipinski definition) is 5. The number of nitrogens with zero attached hydrogens (tertiary/aromatic N) is 1. The van der Waals surface area contributed by atoms with E-state index in [-0.39, 0.29) is 11.5 Å². The maximum absolute atomic E-state index is 12.3. The molecule has 6 nitrogen and oxygen atoms in total. The number of unbranched alkanes of at least 4 members (excludes halogenated alkanes) is 9. The van der Waals surface area contributed by atoms with Crippen molar-refractivity contribution in [1.82, 2.24) is 0 Å². The SMILES string of the molecule is CCCCCCCCCCCCC(=O)Oc1ccc(C=Nc2ccccc2C(=O)O)cc1OC. The predicted molar refractivity (Wildman–Crippen MR) is 136 cm³/mol. The van der Waals surface area contributed by atoms with Crippen molar-refractivity contribution >= 4 is 23.8 Å². The number of esters is 1. The van der Waals surface area contributed by atoms with Crippen LogP contribution in [0.5, 0.6) is 11.5 Å². The highest BCUT2D eigenvalue weighted by Crippen LogP contribution is 2.28. The highest BCUT2D eigenvalue weighted by atomic mass is 16.6. The summed E-state index contributed by atoms with van der Waals surface area (Å²) in [6, 6.07) is 11.7. The smallest absolute Gasteiger partial charge is 0.337 e. The van der Waals surface area contributed by atoms with E-state index in [0.717, 1.165) is 19.3 Å². The molecule has 0 bridgehead atoms. The Morgan fingerprint density at radius 2 is 1.53 bits per heavy atom. The van der Waals surface area contributed by atoms with Gasteiger partial charge in [0.05, 0.1) is 18.4 Å². The number of carbonyl (C=O) groups is 2. The predicted octanol–water partition coefficient (Wildman–Crippen LogP) is 7.36. The molecule has 6 heteroatoms. The van der Waals surface area contributed by atoms with E-state index in [2.05, 4.69) is 11.9 Å². The molecule has 1 N–H and O–H groups in total. The number of hydrogen-bond donors (Lipinski definition) is 1. The third-order valence-corrected chi connectivity index (χ3v) is 5.63. The van der Waals surface area contributed by atoms with Gasteiger partial charge in [0.25, 0.3) is 0 Å². The summed E-state index contributed by atoms with van der Waals surface area (Å²) in [5.41, 5.74) is 1.19. The van der Waals surface area contributed by atoms with Crippen LogP contribution in [-0.4, -0.2) is 30.4 Å². The fourth-order valence-electron chi connectivity index (χ4n) is 3.69. The van der Waals surface area contributed by atoms with Gasteiger partial charge in [0.1, 0.15) is 0 Å². The number of methoxy groups -OCH3 is 1. The average molecular weight is 468 g/mol. The molecule has 0 saturated heterocycles. The second kappa shape index (κ2) is 15.6. The number of carboxylic acid groups (broad SMARTS) is 1. The Bertz CT molecular complexity index is 938. The maximum atomic E-state index is 12.3. The molecule has 0 aliphatic rings. The minimum atomic E-state index is -1.03. The van der Waals surface area contributed by atoms with Gasteiger partial charge in [0.15, 0.2) is 11.5 Å². The first-order valence-electron chi connectivity index (χ1n) is 12.3. The largest absolute Gasteiger partial charge is 0.493 e. The van der Waals surface area contributed by atoms with Crippen LogP contribution in [0.1, 0.15) is 93.5 Å². The summed E-state index contributed by atoms with van der Waals surface area (Å²) in [5.74, 6) is -0.515. The highest BCUT2D eigenvalue weighted by molar-refractivity contribution is 5.95. The number of carboxylic acids is 1. The van der Waals surface area contributed by atoms with Crippen molar-refractivity contribution in [2.24, 2.45) is 4.99 Å². The number of aromatic carboxylic acids is 1. The van der Waals surface area contributed by atoms with Gasteiger partial charge in [-0.05, 0) is 42.3 Å². The molecule has 0 amide bonds. The maximum Gasteiger partial charge on any atom is 0.337 e. The van der Waals surface area contributed by atoms with Crippen LogP contribution in [0.2, 0.25) is 0 Å². The van der Waals surface area contributed by atoms with Crippen LogP contribution in [0.25, 0.3) is 0 Å². The Labute approximate surface area is 203 Å². The molecular weight excluding hydrogens is 430 g/mol. The van der Waals surface area contributed by atoms with Crippen LogP contribution >= 0.6 is 0 Å². The Balaban J connectivity index is 1.79. The number of carbonyl (C=O) groups excluding carboxylic acids is 1. The number of aliphatic imine (C=N–C) groups is 1. The monoisotopic (exact) mass is 467 g/mol. The van der Waals surface area contributed by atoms with Crippen molar-refractivity contribution in [3.8, 4) is 11.5 Å². The number of para-hydroxylation sites is 1. The van der Waals surface area contributed by atoms with Crippen LogP contribution < -0.4 is 9.47 Å². The normalized spacial score (nSPS) is 11.0. The third-order valence-electron chi connectivity index (χ3n) is 5.63. The lowest BCUT2D eigenvalue weighted by Crippen LogP contribution is -2.08. The van der Waals surface area contributed by atoms with E-state index in [1.54, 1.807) is 42.6 Å². The number of rotatable bonds is 16. The van der Waals surface area contributed by atoms with Crippen LogP contribution in [0.4, 0.5) is 5.69 Å². The standard InChI is InChI=1S/C28H37NO5/c1-3-4-5-6-7-8-9-10-11-12-17-27(30)34-25-19-18-22(20-26(25)33-2)21-29-24-16-14-13-15-23(24)28(31)32/h13-16,18-21H,3-12,17H2,1-2H3,(H,31,32). The van der Waals surface area contributed by atoms with Gasteiger partial charge < -0.3 is 14.6 Å². The zero-order valence-corrected chi connectivity index (χ0v) is 20.4. The van der Waals surface area contributed by atoms with E-state index in [0.29, 0.717) is 29.2 Å². The fraction of sp³-hybridized carbons (Fsp3) is 0.464. The van der Waals surface area contributed by atoms with Crippen molar-refractivity contribution in [2.75, 3.05) is 7.11 Å². The molecule has 0 aliphatic heterocycles. The molecule has 184 valence electrons. The van der Waals surface area contributed by atoms with Gasteiger partial charge >= 0.3 is 11.9 Å². The molecule has 2 aromatic carbocycles. The fourth-order valence-corrected chi connectivity index (χ4v) is 3.69. The van der Waals surface area contributed by atoms with Crippen molar-refractivity contribution in [3.05, 3.63) is 53.6 Å². The summed E-state index contributed by atoms with van der Waals surface area (Å²) >= 11 is 0. The molecule has 0 radical (unpaired) electrons. The second-order valence-corrected chi connectivity index (χ2v) is 8.40. The average Bonchev–Trinajstić information content (AvgIpc) is 2.84. The minimum Gasteiger partial charge on any atom is -0.493 e. The lowest BCUT2D eigenvalue weighted by atomic mass is 10.1. The van der Waals surface area contributed by atoms with E-state index in [1.165, 1.54) is 58.1 Å². The molecule has 0 spiro atoms. The molecule has 0 aromatic heterocycles. The highest BCUT2D eigenvalue weighted by Gasteiger charge is 2.11. The summed E-state index contributed by atoms with van der Waals surface area (Å²) < 4.78 is 10.9. The first-order chi connectivity index (χ1) is 16.5. The molecule has 2 rings (SSSR count). The summed E-state index contributed by atoms with van der Waals surface area (Å²) in [6.07, 6.45) is 14.1. The molecule has 0 fully saturated rings. The molecule has 2 aromatic rings. The molecule has 34 heavy (non-hydrogen) atoms. The van der Waals surface area contributed by atoms with Gasteiger partial charge in [-0.2, -0.15) is 0 Å². The van der Waals surface area contributed by atoms with Gasteiger partial charge in [0.2, 0.25) is 0 Å². The zero-order valence-electron chi connectivity index (χ0n) is 20.4. The van der Waals surface area contributed by atoms with Crippen LogP contribution in [-0.2, 0) is 4.79 Å². The lowest BCUT2D eigenvalue weighted by Gasteiger charge is -2.10. The third kappa shape index (κ3) is 9.77. The van der Waals surface area contributed by atoms with E-state index in [9.17, 15) is 14.7 Å². The van der Waals surface area contributed by atoms with E-state index < -0.39 is 5.97 Å². The van der Waals surface area contributed by atoms with Crippen LogP contribution in [0.15, 0.2) is 47.5 Å². The van der Waals surface area contributed by atoms with Crippen molar-refractivity contribution in [2.45, 2.75) is 77.6 Å². The lowest BCUT2D eigenvalue weighted by molar-refractivity contribution is -0.134. The molecule has 0 aliphatic carbocycles. The van der Waals surface area contributed by atoms with Gasteiger partial charge in [-0.3, -0.25) is 9.79 Å². The minimum absolute atomic E-state index is 0.128. The number of benzene rings is 2. The Morgan fingerprint density at radius 1 is 0.882 bits per heavy atom. The Kier molecular flexibility index (Phi) is 12.5. The topological polar surface area (TPSA) is 85.2 Å². The van der Waals surface area contributed by atoms with Crippen LogP contribution in [0.3, 0.4) is 0 Å². The van der Waals surface area contributed by atoms with Crippen molar-refractivity contribution in [1.29, 1.82) is 0 Å². The van der Waals surface area contributed by atoms with Gasteiger partial charge in [-0.15, -0.1) is 0 Å². The van der Waals surface area contributed by atoms with Crippen LogP contribution in [0, 0.1) is 0 Å². The Hall–Kier alpha value is -3.15.